The molecular formula is C13H19ClFNO2S. The standard InChI is InChI=1S/C13H19ClFNO2S/c1-10-8-12(15)9-11(2)13(10)19(17,18)16-7-5-3-4-6-14/h8-9,16H,3-7H2,1-2H3. The van der Waals surface area contributed by atoms with E-state index in [1.54, 1.807) is 13.8 Å². The van der Waals surface area contributed by atoms with Crippen molar-refractivity contribution in [2.45, 2.75) is 38.0 Å². The summed E-state index contributed by atoms with van der Waals surface area (Å²) < 4.78 is 40.0. The average Bonchev–Trinajstić information content (AvgIpc) is 2.26. The van der Waals surface area contributed by atoms with Gasteiger partial charge in [-0.25, -0.2) is 17.5 Å². The van der Waals surface area contributed by atoms with Gasteiger partial charge in [0.2, 0.25) is 10.0 Å². The number of rotatable bonds is 7. The van der Waals surface area contributed by atoms with Gasteiger partial charge in [-0.1, -0.05) is 6.42 Å². The van der Waals surface area contributed by atoms with Crippen LogP contribution >= 0.6 is 11.6 Å². The Morgan fingerprint density at radius 1 is 1.16 bits per heavy atom. The maximum absolute atomic E-state index is 13.2. The van der Waals surface area contributed by atoms with Gasteiger partial charge in [-0.05, 0) is 49.9 Å². The van der Waals surface area contributed by atoms with E-state index in [1.165, 1.54) is 12.1 Å². The number of aryl methyl sites for hydroxylation is 2. The van der Waals surface area contributed by atoms with Crippen molar-refractivity contribution in [2.24, 2.45) is 0 Å². The van der Waals surface area contributed by atoms with E-state index in [4.69, 9.17) is 11.6 Å². The fourth-order valence-corrected chi connectivity index (χ4v) is 3.71. The summed E-state index contributed by atoms with van der Waals surface area (Å²) >= 11 is 5.55. The van der Waals surface area contributed by atoms with Crippen molar-refractivity contribution in [3.05, 3.63) is 29.1 Å². The quantitative estimate of drug-likeness (QED) is 0.621. The van der Waals surface area contributed by atoms with Crippen LogP contribution in [0.4, 0.5) is 4.39 Å². The molecule has 0 saturated carbocycles. The monoisotopic (exact) mass is 307 g/mol. The molecule has 0 heterocycles. The van der Waals surface area contributed by atoms with Crippen molar-refractivity contribution in [2.75, 3.05) is 12.4 Å². The van der Waals surface area contributed by atoms with Gasteiger partial charge in [0.15, 0.2) is 0 Å². The second-order valence-electron chi connectivity index (χ2n) is 4.52. The molecule has 1 N–H and O–H groups in total. The van der Waals surface area contributed by atoms with E-state index in [9.17, 15) is 12.8 Å². The summed E-state index contributed by atoms with van der Waals surface area (Å²) in [4.78, 5) is 0.172. The lowest BCUT2D eigenvalue weighted by atomic mass is 10.1. The number of alkyl halides is 1. The summed E-state index contributed by atoms with van der Waals surface area (Å²) in [5, 5.41) is 0. The number of unbranched alkanes of at least 4 members (excludes halogenated alkanes) is 2. The SMILES string of the molecule is Cc1cc(F)cc(C)c1S(=O)(=O)NCCCCCCl. The molecule has 0 spiro atoms. The maximum Gasteiger partial charge on any atom is 0.241 e. The third-order valence-electron chi connectivity index (χ3n) is 2.80. The minimum absolute atomic E-state index is 0.172. The number of hydrogen-bond acceptors (Lipinski definition) is 2. The minimum Gasteiger partial charge on any atom is -0.211 e. The first kappa shape index (κ1) is 16.4. The Morgan fingerprint density at radius 3 is 2.26 bits per heavy atom. The molecule has 0 aliphatic carbocycles. The molecule has 1 rings (SSSR count). The highest BCUT2D eigenvalue weighted by Gasteiger charge is 2.19. The molecule has 19 heavy (non-hydrogen) atoms. The molecule has 0 aromatic heterocycles. The molecule has 0 saturated heterocycles. The van der Waals surface area contributed by atoms with E-state index in [1.807, 2.05) is 0 Å². The molecule has 3 nitrogen and oxygen atoms in total. The maximum atomic E-state index is 13.2. The van der Waals surface area contributed by atoms with E-state index in [2.05, 4.69) is 4.72 Å². The molecule has 0 aliphatic rings. The van der Waals surface area contributed by atoms with E-state index in [0.717, 1.165) is 19.3 Å². The van der Waals surface area contributed by atoms with Crippen molar-refractivity contribution in [3.63, 3.8) is 0 Å². The zero-order valence-corrected chi connectivity index (χ0v) is 12.7. The first-order chi connectivity index (χ1) is 8.88. The van der Waals surface area contributed by atoms with Crippen molar-refractivity contribution < 1.29 is 12.8 Å². The first-order valence-corrected chi connectivity index (χ1v) is 8.22. The van der Waals surface area contributed by atoms with E-state index < -0.39 is 15.8 Å². The van der Waals surface area contributed by atoms with Crippen molar-refractivity contribution in [1.82, 2.24) is 4.72 Å². The van der Waals surface area contributed by atoms with Crippen LogP contribution in [0.3, 0.4) is 0 Å². The number of hydrogen-bond donors (Lipinski definition) is 1. The number of nitrogens with one attached hydrogen (secondary N) is 1. The van der Waals surface area contributed by atoms with Crippen LogP contribution in [0.15, 0.2) is 17.0 Å². The topological polar surface area (TPSA) is 46.2 Å². The Bertz CT molecular complexity index is 508. The second-order valence-corrected chi connectivity index (χ2v) is 6.60. The molecule has 1 aromatic carbocycles. The lowest BCUT2D eigenvalue weighted by Crippen LogP contribution is -2.26. The molecule has 6 heteroatoms. The van der Waals surface area contributed by atoms with Crippen LogP contribution in [-0.2, 0) is 10.0 Å². The van der Waals surface area contributed by atoms with Crippen LogP contribution in [0.1, 0.15) is 30.4 Å². The largest absolute Gasteiger partial charge is 0.241 e. The predicted molar refractivity (Wildman–Crippen MR) is 75.6 cm³/mol. The smallest absolute Gasteiger partial charge is 0.211 e. The summed E-state index contributed by atoms with van der Waals surface area (Å²) in [6.07, 6.45) is 2.50. The number of benzene rings is 1. The molecule has 0 bridgehead atoms. The van der Waals surface area contributed by atoms with Crippen LogP contribution in [0.25, 0.3) is 0 Å². The van der Waals surface area contributed by atoms with Crippen LogP contribution in [-0.4, -0.2) is 20.8 Å². The summed E-state index contributed by atoms with van der Waals surface area (Å²) in [6.45, 7) is 3.56. The Kier molecular flexibility index (Phi) is 6.23. The lowest BCUT2D eigenvalue weighted by Gasteiger charge is -2.12. The Morgan fingerprint density at radius 2 is 1.74 bits per heavy atom. The Balaban J connectivity index is 2.78. The molecule has 0 fully saturated rings. The second kappa shape index (κ2) is 7.22. The summed E-state index contributed by atoms with van der Waals surface area (Å²) in [5.74, 6) is 0.166. The van der Waals surface area contributed by atoms with Crippen molar-refractivity contribution in [1.29, 1.82) is 0 Å². The molecule has 0 atom stereocenters. The predicted octanol–water partition coefficient (Wildman–Crippen LogP) is 3.13. The van der Waals surface area contributed by atoms with Gasteiger partial charge in [0.1, 0.15) is 5.82 Å². The van der Waals surface area contributed by atoms with Gasteiger partial charge in [-0.3, -0.25) is 0 Å². The zero-order valence-electron chi connectivity index (χ0n) is 11.2. The highest BCUT2D eigenvalue weighted by Crippen LogP contribution is 2.21. The molecule has 0 amide bonds. The van der Waals surface area contributed by atoms with Gasteiger partial charge in [-0.2, -0.15) is 0 Å². The van der Waals surface area contributed by atoms with Gasteiger partial charge in [-0.15, -0.1) is 11.6 Å². The normalized spacial score (nSPS) is 11.8. The third-order valence-corrected chi connectivity index (χ3v) is 4.83. The average molecular weight is 308 g/mol. The summed E-state index contributed by atoms with van der Waals surface area (Å²) in [7, 11) is -3.58. The van der Waals surface area contributed by atoms with Crippen LogP contribution in [0.5, 0.6) is 0 Å². The number of halogens is 2. The van der Waals surface area contributed by atoms with Crippen LogP contribution < -0.4 is 4.72 Å². The first-order valence-electron chi connectivity index (χ1n) is 6.21. The Hall–Kier alpha value is -0.650. The molecular weight excluding hydrogens is 289 g/mol. The third kappa shape index (κ3) is 4.75. The van der Waals surface area contributed by atoms with Crippen molar-refractivity contribution in [3.8, 4) is 0 Å². The highest BCUT2D eigenvalue weighted by atomic mass is 35.5. The van der Waals surface area contributed by atoms with Crippen LogP contribution in [0, 0.1) is 19.7 Å². The van der Waals surface area contributed by atoms with E-state index in [-0.39, 0.29) is 4.90 Å². The van der Waals surface area contributed by atoms with Gasteiger partial charge in [0.05, 0.1) is 4.90 Å². The van der Waals surface area contributed by atoms with Gasteiger partial charge in [0, 0.05) is 12.4 Å². The van der Waals surface area contributed by atoms with E-state index >= 15 is 0 Å². The summed E-state index contributed by atoms with van der Waals surface area (Å²) in [6, 6.07) is 2.46. The fraction of sp³-hybridized carbons (Fsp3) is 0.538. The minimum atomic E-state index is -3.58. The zero-order chi connectivity index (χ0) is 14.5. The summed E-state index contributed by atoms with van der Waals surface area (Å²) in [5.41, 5.74) is 0.844. The molecule has 0 unspecified atom stereocenters. The molecule has 1 aromatic rings. The fourth-order valence-electron chi connectivity index (χ4n) is 2.00. The van der Waals surface area contributed by atoms with Gasteiger partial charge in [0.25, 0.3) is 0 Å². The van der Waals surface area contributed by atoms with Gasteiger partial charge >= 0.3 is 0 Å². The molecule has 0 aliphatic heterocycles. The highest BCUT2D eigenvalue weighted by molar-refractivity contribution is 7.89. The molecule has 0 radical (unpaired) electrons. The van der Waals surface area contributed by atoms with Crippen molar-refractivity contribution >= 4 is 21.6 Å². The Labute approximate surface area is 119 Å². The van der Waals surface area contributed by atoms with Crippen LogP contribution in [0.2, 0.25) is 0 Å². The molecule has 108 valence electrons. The van der Waals surface area contributed by atoms with E-state index in [0.29, 0.717) is 23.6 Å². The van der Waals surface area contributed by atoms with Gasteiger partial charge < -0.3 is 0 Å². The lowest BCUT2D eigenvalue weighted by molar-refractivity contribution is 0.573. The number of sulfonamides is 1.